The Hall–Kier alpha value is -1.35. The molecule has 0 spiro atoms. The van der Waals surface area contributed by atoms with E-state index in [1.54, 1.807) is 0 Å². The number of aliphatic imine (C=N–C) groups is 1. The van der Waals surface area contributed by atoms with Gasteiger partial charge in [-0.1, -0.05) is 49.6 Å². The number of hydrogen-bond acceptors (Lipinski definition) is 3. The summed E-state index contributed by atoms with van der Waals surface area (Å²) >= 11 is 0. The minimum atomic E-state index is 0. The van der Waals surface area contributed by atoms with E-state index in [-0.39, 0.29) is 29.9 Å². The van der Waals surface area contributed by atoms with Crippen LogP contribution in [-0.2, 0) is 11.3 Å². The number of nitrogens with zero attached hydrogens (tertiary/aromatic N) is 3. The Kier molecular flexibility index (Phi) is 10.1. The summed E-state index contributed by atoms with van der Waals surface area (Å²) in [5, 5.41) is 7.15. The molecule has 32 heavy (non-hydrogen) atoms. The maximum absolute atomic E-state index is 12.7. The predicted octanol–water partition coefficient (Wildman–Crippen LogP) is 3.62. The second kappa shape index (κ2) is 12.8. The molecule has 0 bridgehead atoms. The van der Waals surface area contributed by atoms with Crippen LogP contribution in [0.3, 0.4) is 0 Å². The van der Waals surface area contributed by atoms with E-state index in [0.717, 1.165) is 57.9 Å². The Labute approximate surface area is 210 Å². The van der Waals surface area contributed by atoms with E-state index < -0.39 is 0 Å². The summed E-state index contributed by atoms with van der Waals surface area (Å²) in [4.78, 5) is 21.9. The molecule has 178 valence electrons. The summed E-state index contributed by atoms with van der Waals surface area (Å²) in [6, 6.07) is 11.6. The molecule has 1 aliphatic carbocycles. The molecule has 4 rings (SSSR count). The maximum Gasteiger partial charge on any atom is 0.225 e. The monoisotopic (exact) mass is 553 g/mol. The van der Waals surface area contributed by atoms with Gasteiger partial charge in [-0.2, -0.15) is 0 Å². The summed E-state index contributed by atoms with van der Waals surface area (Å²) in [6.07, 6.45) is 9.39. The van der Waals surface area contributed by atoms with Gasteiger partial charge in [0, 0.05) is 51.2 Å². The molecule has 2 atom stereocenters. The lowest BCUT2D eigenvalue weighted by molar-refractivity contribution is -0.134. The number of carbonyl (C=O) groups is 1. The molecular weight excluding hydrogens is 513 g/mol. The van der Waals surface area contributed by atoms with E-state index in [0.29, 0.717) is 18.0 Å². The van der Waals surface area contributed by atoms with Crippen molar-refractivity contribution in [2.75, 3.05) is 33.2 Å². The summed E-state index contributed by atoms with van der Waals surface area (Å²) in [5.74, 6) is 1.52. The van der Waals surface area contributed by atoms with E-state index in [1.165, 1.54) is 37.7 Å². The minimum absolute atomic E-state index is 0. The number of amides is 1. The molecular formula is C25H40IN5O. The topological polar surface area (TPSA) is 60.0 Å². The van der Waals surface area contributed by atoms with Crippen molar-refractivity contribution < 1.29 is 4.79 Å². The van der Waals surface area contributed by atoms with Crippen LogP contribution in [0.1, 0.15) is 56.9 Å². The largest absolute Gasteiger partial charge is 0.355 e. The van der Waals surface area contributed by atoms with Crippen LogP contribution in [0.15, 0.2) is 35.3 Å². The second-order valence-electron chi connectivity index (χ2n) is 9.45. The van der Waals surface area contributed by atoms with Gasteiger partial charge in [-0.15, -0.1) is 24.0 Å². The second-order valence-corrected chi connectivity index (χ2v) is 9.45. The average molecular weight is 554 g/mol. The van der Waals surface area contributed by atoms with Crippen molar-refractivity contribution in [3.8, 4) is 0 Å². The zero-order valence-corrected chi connectivity index (χ0v) is 21.8. The van der Waals surface area contributed by atoms with Crippen LogP contribution in [0.5, 0.6) is 0 Å². The van der Waals surface area contributed by atoms with E-state index in [1.807, 2.05) is 7.05 Å². The number of nitrogens with one attached hydrogen (secondary N) is 2. The molecule has 2 unspecified atom stereocenters. The molecule has 2 saturated heterocycles. The first-order valence-corrected chi connectivity index (χ1v) is 12.3. The lowest BCUT2D eigenvalue weighted by Crippen LogP contribution is -2.51. The van der Waals surface area contributed by atoms with Crippen molar-refractivity contribution >= 4 is 35.8 Å². The number of guanidine groups is 1. The van der Waals surface area contributed by atoms with Crippen molar-refractivity contribution in [1.82, 2.24) is 20.4 Å². The van der Waals surface area contributed by atoms with Gasteiger partial charge in [0.15, 0.2) is 5.96 Å². The zero-order chi connectivity index (χ0) is 21.5. The van der Waals surface area contributed by atoms with Gasteiger partial charge in [-0.3, -0.25) is 14.7 Å². The number of piperidine rings is 1. The van der Waals surface area contributed by atoms with E-state index in [2.05, 4.69) is 55.8 Å². The first-order chi connectivity index (χ1) is 15.2. The molecule has 2 heterocycles. The highest BCUT2D eigenvalue weighted by Crippen LogP contribution is 2.28. The van der Waals surface area contributed by atoms with Crippen molar-refractivity contribution in [2.24, 2.45) is 10.9 Å². The highest BCUT2D eigenvalue weighted by molar-refractivity contribution is 14.0. The smallest absolute Gasteiger partial charge is 0.225 e. The van der Waals surface area contributed by atoms with E-state index in [9.17, 15) is 4.79 Å². The lowest BCUT2D eigenvalue weighted by atomic mass is 10.0. The van der Waals surface area contributed by atoms with Crippen molar-refractivity contribution in [3.05, 3.63) is 35.9 Å². The number of benzene rings is 1. The van der Waals surface area contributed by atoms with Crippen molar-refractivity contribution in [1.29, 1.82) is 0 Å². The average Bonchev–Trinajstić information content (AvgIpc) is 3.50. The summed E-state index contributed by atoms with van der Waals surface area (Å²) in [5.41, 5.74) is 1.38. The normalized spacial score (nSPS) is 24.9. The molecule has 3 fully saturated rings. The highest BCUT2D eigenvalue weighted by atomic mass is 127. The molecule has 3 aliphatic rings. The molecule has 0 aromatic heterocycles. The molecule has 2 N–H and O–H groups in total. The van der Waals surface area contributed by atoms with Crippen LogP contribution in [-0.4, -0.2) is 67.0 Å². The molecule has 2 aliphatic heterocycles. The summed E-state index contributed by atoms with van der Waals surface area (Å²) in [7, 11) is 1.84. The molecule has 6 nitrogen and oxygen atoms in total. The Morgan fingerprint density at radius 2 is 1.78 bits per heavy atom. The third-order valence-corrected chi connectivity index (χ3v) is 7.25. The minimum Gasteiger partial charge on any atom is -0.355 e. The number of halogens is 1. The van der Waals surface area contributed by atoms with E-state index >= 15 is 0 Å². The fourth-order valence-corrected chi connectivity index (χ4v) is 5.43. The predicted molar refractivity (Wildman–Crippen MR) is 141 cm³/mol. The molecule has 1 aromatic carbocycles. The molecule has 1 saturated carbocycles. The Morgan fingerprint density at radius 1 is 1.03 bits per heavy atom. The Morgan fingerprint density at radius 3 is 2.53 bits per heavy atom. The fraction of sp³-hybridized carbons (Fsp3) is 0.680. The quantitative estimate of drug-likeness (QED) is 0.321. The third kappa shape index (κ3) is 6.83. The van der Waals surface area contributed by atoms with Gasteiger partial charge in [-0.05, 0) is 44.2 Å². The molecule has 1 amide bonds. The van der Waals surface area contributed by atoms with Crippen LogP contribution in [0, 0.1) is 5.92 Å². The SMILES string of the molecule is CN=C(NCC1CCCCN1Cc1ccccc1)NC1CCN(C(=O)C2CCCC2)C1.I. The van der Waals surface area contributed by atoms with Crippen LogP contribution in [0.4, 0.5) is 0 Å². The van der Waals surface area contributed by atoms with Gasteiger partial charge in [0.25, 0.3) is 0 Å². The fourth-order valence-electron chi connectivity index (χ4n) is 5.43. The zero-order valence-electron chi connectivity index (χ0n) is 19.5. The number of hydrogen-bond donors (Lipinski definition) is 2. The van der Waals surface area contributed by atoms with Gasteiger partial charge >= 0.3 is 0 Å². The highest BCUT2D eigenvalue weighted by Gasteiger charge is 2.32. The van der Waals surface area contributed by atoms with Crippen LogP contribution in [0.2, 0.25) is 0 Å². The number of likely N-dealkylation sites (tertiary alicyclic amines) is 2. The lowest BCUT2D eigenvalue weighted by Gasteiger charge is -2.36. The van der Waals surface area contributed by atoms with Crippen LogP contribution in [0.25, 0.3) is 0 Å². The van der Waals surface area contributed by atoms with Gasteiger partial charge in [0.1, 0.15) is 0 Å². The van der Waals surface area contributed by atoms with Gasteiger partial charge in [0.2, 0.25) is 5.91 Å². The van der Waals surface area contributed by atoms with Crippen LogP contribution >= 0.6 is 24.0 Å². The van der Waals surface area contributed by atoms with E-state index in [4.69, 9.17) is 0 Å². The number of rotatable bonds is 6. The third-order valence-electron chi connectivity index (χ3n) is 7.25. The Balaban J connectivity index is 0.00000289. The first kappa shape index (κ1) is 25.3. The maximum atomic E-state index is 12.7. The number of carbonyl (C=O) groups excluding carboxylic acids is 1. The van der Waals surface area contributed by atoms with Gasteiger partial charge in [0.05, 0.1) is 0 Å². The standard InChI is InChI=1S/C25H39N5O.HI/c1-26-25(28-22-14-16-30(19-22)24(31)21-11-5-6-12-21)27-17-23-13-7-8-15-29(23)18-20-9-3-2-4-10-20;/h2-4,9-10,21-23H,5-8,11-19H2,1H3,(H2,26,27,28);1H. The summed E-state index contributed by atoms with van der Waals surface area (Å²) < 4.78 is 0. The molecule has 7 heteroatoms. The van der Waals surface area contributed by atoms with Gasteiger partial charge in [-0.25, -0.2) is 0 Å². The first-order valence-electron chi connectivity index (χ1n) is 12.3. The van der Waals surface area contributed by atoms with Crippen molar-refractivity contribution in [3.63, 3.8) is 0 Å². The molecule has 0 radical (unpaired) electrons. The van der Waals surface area contributed by atoms with Crippen LogP contribution < -0.4 is 10.6 Å². The summed E-state index contributed by atoms with van der Waals surface area (Å²) in [6.45, 7) is 4.76. The molecule has 1 aromatic rings. The van der Waals surface area contributed by atoms with Crippen molar-refractivity contribution in [2.45, 2.75) is 70.0 Å². The van der Waals surface area contributed by atoms with Gasteiger partial charge < -0.3 is 15.5 Å². The Bertz CT molecular complexity index is 737.